The summed E-state index contributed by atoms with van der Waals surface area (Å²) in [4.78, 5) is 41.6. The summed E-state index contributed by atoms with van der Waals surface area (Å²) in [6.45, 7) is 0. The second kappa shape index (κ2) is 8.55. The Balaban J connectivity index is 1.75. The number of hydrogen-bond donors (Lipinski definition) is 1. The number of benzene rings is 3. The van der Waals surface area contributed by atoms with Crippen LogP contribution in [-0.4, -0.2) is 30.9 Å². The van der Waals surface area contributed by atoms with Crippen molar-refractivity contribution in [2.75, 3.05) is 12.0 Å². The number of amides is 2. The van der Waals surface area contributed by atoms with Gasteiger partial charge in [-0.15, -0.1) is 0 Å². The van der Waals surface area contributed by atoms with Crippen molar-refractivity contribution in [3.63, 3.8) is 0 Å². The molecule has 0 saturated carbocycles. The molecule has 0 spiro atoms. The van der Waals surface area contributed by atoms with Gasteiger partial charge < -0.3 is 10.1 Å². The van der Waals surface area contributed by atoms with Gasteiger partial charge in [0.15, 0.2) is 11.6 Å². The molecule has 2 aliphatic rings. The van der Waals surface area contributed by atoms with Crippen LogP contribution in [0.4, 0.5) is 14.5 Å². The van der Waals surface area contributed by atoms with Crippen molar-refractivity contribution in [2.45, 2.75) is 11.6 Å². The topological polar surface area (TPSA) is 80.3 Å². The van der Waals surface area contributed by atoms with Gasteiger partial charge in [0, 0.05) is 16.1 Å². The Hall–Kier alpha value is -3.62. The van der Waals surface area contributed by atoms with Crippen molar-refractivity contribution >= 4 is 35.1 Å². The Bertz CT molecular complexity index is 1270. The number of nitrogens with zero attached hydrogens (tertiary/aromatic N) is 1. The first-order chi connectivity index (χ1) is 16.8. The molecule has 2 amide bonds. The summed E-state index contributed by atoms with van der Waals surface area (Å²) >= 11 is 5.99. The van der Waals surface area contributed by atoms with Gasteiger partial charge in [-0.3, -0.25) is 9.59 Å². The Kier molecular flexibility index (Phi) is 5.65. The largest absolute Gasteiger partial charge is 0.465 e. The van der Waals surface area contributed by atoms with E-state index in [4.69, 9.17) is 16.3 Å². The van der Waals surface area contributed by atoms with Crippen LogP contribution in [0.25, 0.3) is 0 Å². The Labute approximate surface area is 204 Å². The molecule has 178 valence electrons. The summed E-state index contributed by atoms with van der Waals surface area (Å²) in [5.41, 5.74) is -0.0228. The van der Waals surface area contributed by atoms with Crippen molar-refractivity contribution in [1.82, 2.24) is 0 Å². The zero-order valence-electron chi connectivity index (χ0n) is 18.5. The standard InChI is InChI=1S/C26H19ClF2N2O4/c1-35-25(34)22-20-21(24(33)31(23(20)32)19-12-6-16(27)7-13-19)26(30-22,14-2-8-17(28)9-3-14)15-4-10-18(29)11-5-15/h2-13,20-22,30H,1H3/p+1/t20-,21+,22-/m1/s1. The van der Waals surface area contributed by atoms with Gasteiger partial charge in [0.05, 0.1) is 12.8 Å². The summed E-state index contributed by atoms with van der Waals surface area (Å²) in [7, 11) is 1.21. The summed E-state index contributed by atoms with van der Waals surface area (Å²) in [6, 6.07) is 16.2. The van der Waals surface area contributed by atoms with Gasteiger partial charge in [0.25, 0.3) is 0 Å². The van der Waals surface area contributed by atoms with E-state index in [0.29, 0.717) is 21.8 Å². The lowest BCUT2D eigenvalue weighted by molar-refractivity contribution is -0.729. The van der Waals surface area contributed by atoms with Crippen LogP contribution in [0.2, 0.25) is 5.02 Å². The summed E-state index contributed by atoms with van der Waals surface area (Å²) in [6.07, 6.45) is 0. The monoisotopic (exact) mass is 497 g/mol. The molecule has 0 aliphatic carbocycles. The second-order valence-electron chi connectivity index (χ2n) is 8.59. The van der Waals surface area contributed by atoms with Crippen molar-refractivity contribution in [1.29, 1.82) is 0 Å². The summed E-state index contributed by atoms with van der Waals surface area (Å²) in [5.74, 6) is -4.85. The third-order valence-electron chi connectivity index (χ3n) is 6.87. The summed E-state index contributed by atoms with van der Waals surface area (Å²) in [5, 5.41) is 2.05. The van der Waals surface area contributed by atoms with E-state index < -0.39 is 52.8 Å². The maximum atomic E-state index is 14.0. The fourth-order valence-electron chi connectivity index (χ4n) is 5.39. The van der Waals surface area contributed by atoms with Crippen LogP contribution in [0.1, 0.15) is 11.1 Å². The number of nitrogens with two attached hydrogens (primary N) is 1. The van der Waals surface area contributed by atoms with Crippen molar-refractivity contribution in [2.24, 2.45) is 11.8 Å². The first-order valence-electron chi connectivity index (χ1n) is 10.9. The average Bonchev–Trinajstić information content (AvgIpc) is 3.35. The molecule has 2 heterocycles. The van der Waals surface area contributed by atoms with Gasteiger partial charge in [-0.1, -0.05) is 11.6 Å². The third kappa shape index (κ3) is 3.52. The molecule has 0 unspecified atom stereocenters. The molecule has 5 rings (SSSR count). The number of carbonyl (C=O) groups is 3. The van der Waals surface area contributed by atoms with Crippen LogP contribution in [0.5, 0.6) is 0 Å². The summed E-state index contributed by atoms with van der Waals surface area (Å²) < 4.78 is 32.7. The highest BCUT2D eigenvalue weighted by atomic mass is 35.5. The number of esters is 1. The number of fused-ring (bicyclic) bond motifs is 1. The molecule has 0 aromatic heterocycles. The molecule has 3 aromatic carbocycles. The Morgan fingerprint density at radius 3 is 1.89 bits per heavy atom. The number of imide groups is 1. The van der Waals surface area contributed by atoms with Gasteiger partial charge in [0.1, 0.15) is 23.5 Å². The lowest BCUT2D eigenvalue weighted by Crippen LogP contribution is -2.99. The van der Waals surface area contributed by atoms with E-state index in [0.717, 1.165) is 4.90 Å². The Morgan fingerprint density at radius 2 is 1.40 bits per heavy atom. The number of hydrogen-bond acceptors (Lipinski definition) is 4. The molecule has 2 aliphatic heterocycles. The van der Waals surface area contributed by atoms with E-state index in [-0.39, 0.29) is 0 Å². The van der Waals surface area contributed by atoms with E-state index in [9.17, 15) is 23.2 Å². The lowest BCUT2D eigenvalue weighted by Gasteiger charge is -2.32. The molecule has 2 fully saturated rings. The van der Waals surface area contributed by atoms with Gasteiger partial charge in [-0.25, -0.2) is 18.5 Å². The first kappa shape index (κ1) is 23.1. The van der Waals surface area contributed by atoms with Gasteiger partial charge in [0.2, 0.25) is 11.8 Å². The second-order valence-corrected chi connectivity index (χ2v) is 9.03. The minimum atomic E-state index is -1.32. The smallest absolute Gasteiger partial charge is 0.365 e. The van der Waals surface area contributed by atoms with Gasteiger partial charge in [-0.05, 0) is 72.8 Å². The van der Waals surface area contributed by atoms with Crippen LogP contribution in [0, 0.1) is 23.5 Å². The highest BCUT2D eigenvalue weighted by Gasteiger charge is 2.72. The quantitative estimate of drug-likeness (QED) is 0.444. The van der Waals surface area contributed by atoms with Crippen molar-refractivity contribution in [3.8, 4) is 0 Å². The molecule has 2 N–H and O–H groups in total. The maximum absolute atomic E-state index is 14.0. The van der Waals surface area contributed by atoms with Gasteiger partial charge in [-0.2, -0.15) is 0 Å². The number of anilines is 1. The van der Waals surface area contributed by atoms with E-state index in [1.807, 2.05) is 0 Å². The van der Waals surface area contributed by atoms with Crippen LogP contribution in [0.3, 0.4) is 0 Å². The number of methoxy groups -OCH3 is 1. The highest BCUT2D eigenvalue weighted by Crippen LogP contribution is 2.48. The molecule has 2 saturated heterocycles. The zero-order chi connectivity index (χ0) is 24.9. The van der Waals surface area contributed by atoms with Crippen LogP contribution in [0.15, 0.2) is 72.8 Å². The fraction of sp³-hybridized carbons (Fsp3) is 0.192. The SMILES string of the molecule is COC(=O)[C@@H]1[NH2+]C(c2ccc(F)cc2)(c2ccc(F)cc2)[C@@H]2C(=O)N(c3ccc(Cl)cc3)C(=O)[C@H]21. The molecule has 0 radical (unpaired) electrons. The van der Waals surface area contributed by atoms with Crippen LogP contribution in [-0.2, 0) is 24.7 Å². The van der Waals surface area contributed by atoms with Crippen LogP contribution < -0.4 is 10.2 Å². The molecule has 0 bridgehead atoms. The lowest BCUT2D eigenvalue weighted by atomic mass is 9.71. The van der Waals surface area contributed by atoms with E-state index in [2.05, 4.69) is 0 Å². The number of halogens is 3. The number of quaternary nitrogens is 1. The molecular formula is C26H20ClF2N2O4+. The molecule has 3 atom stereocenters. The minimum Gasteiger partial charge on any atom is -0.465 e. The van der Waals surface area contributed by atoms with E-state index >= 15 is 0 Å². The van der Waals surface area contributed by atoms with Crippen LogP contribution >= 0.6 is 11.6 Å². The van der Waals surface area contributed by atoms with E-state index in [1.165, 1.54) is 55.6 Å². The molecule has 9 heteroatoms. The number of rotatable bonds is 4. The fourth-order valence-corrected chi connectivity index (χ4v) is 5.51. The average molecular weight is 498 g/mol. The Morgan fingerprint density at radius 1 is 0.886 bits per heavy atom. The molecule has 35 heavy (non-hydrogen) atoms. The first-order valence-corrected chi connectivity index (χ1v) is 11.2. The third-order valence-corrected chi connectivity index (χ3v) is 7.12. The molecule has 6 nitrogen and oxygen atoms in total. The highest BCUT2D eigenvalue weighted by molar-refractivity contribution is 6.31. The molecule has 3 aromatic rings. The number of ether oxygens (including phenoxy) is 1. The normalized spacial score (nSPS) is 22.9. The zero-order valence-corrected chi connectivity index (χ0v) is 19.2. The predicted octanol–water partition coefficient (Wildman–Crippen LogP) is 2.79. The van der Waals surface area contributed by atoms with Crippen molar-refractivity contribution < 1.29 is 33.2 Å². The number of carbonyl (C=O) groups excluding carboxylic acids is 3. The van der Waals surface area contributed by atoms with Crippen molar-refractivity contribution in [3.05, 3.63) is 101 Å². The minimum absolute atomic E-state index is 0.314. The molecular weight excluding hydrogens is 478 g/mol. The predicted molar refractivity (Wildman–Crippen MR) is 122 cm³/mol. The van der Waals surface area contributed by atoms with Gasteiger partial charge >= 0.3 is 5.97 Å². The maximum Gasteiger partial charge on any atom is 0.365 e. The van der Waals surface area contributed by atoms with E-state index in [1.54, 1.807) is 29.6 Å².